The molecule has 1 rings (SSSR count). The first kappa shape index (κ1) is 12.5. The van der Waals surface area contributed by atoms with Crippen LogP contribution in [0.3, 0.4) is 0 Å². The van der Waals surface area contributed by atoms with Crippen LogP contribution in [0.15, 0.2) is 16.7 Å². The molecular weight excluding hydrogens is 189 g/mol. The zero-order valence-corrected chi connectivity index (χ0v) is 10.3. The topological polar surface area (TPSA) is 30.8 Å². The maximum atomic E-state index is 5.89. The number of hydrogen-bond acceptors (Lipinski definition) is 3. The highest BCUT2D eigenvalue weighted by atomic mass is 16.7. The molecule has 0 aliphatic carbocycles. The molecular formula is C11H20BNO2. The van der Waals surface area contributed by atoms with Gasteiger partial charge < -0.3 is 9.31 Å². The predicted molar refractivity (Wildman–Crippen MR) is 64.0 cm³/mol. The molecule has 1 fully saturated rings. The lowest BCUT2D eigenvalue weighted by atomic mass is 9.77. The maximum absolute atomic E-state index is 5.89. The van der Waals surface area contributed by atoms with E-state index < -0.39 is 0 Å². The van der Waals surface area contributed by atoms with Gasteiger partial charge in [-0.1, -0.05) is 6.92 Å². The monoisotopic (exact) mass is 209 g/mol. The molecule has 0 unspecified atom stereocenters. The molecule has 1 aliphatic heterocycles. The van der Waals surface area contributed by atoms with Gasteiger partial charge in [-0.2, -0.15) is 0 Å². The van der Waals surface area contributed by atoms with Crippen molar-refractivity contribution in [3.8, 4) is 0 Å². The Morgan fingerprint density at radius 2 is 1.73 bits per heavy atom. The Labute approximate surface area is 92.7 Å². The van der Waals surface area contributed by atoms with E-state index in [-0.39, 0.29) is 18.3 Å². The van der Waals surface area contributed by atoms with Crippen molar-refractivity contribution >= 4 is 13.8 Å². The van der Waals surface area contributed by atoms with E-state index in [1.807, 2.05) is 27.7 Å². The van der Waals surface area contributed by atoms with Gasteiger partial charge in [0.1, 0.15) is 0 Å². The van der Waals surface area contributed by atoms with Crippen molar-refractivity contribution in [3.05, 3.63) is 11.7 Å². The highest BCUT2D eigenvalue weighted by molar-refractivity contribution is 6.54. The van der Waals surface area contributed by atoms with Crippen LogP contribution in [0, 0.1) is 0 Å². The standard InChI is InChI=1S/C11H20BNO2/c1-7-9(8-13-6)12-14-10(2,3)11(4,5)15-12/h8H,6-7H2,1-5H3. The van der Waals surface area contributed by atoms with Gasteiger partial charge in [-0.05, 0) is 46.3 Å². The summed E-state index contributed by atoms with van der Waals surface area (Å²) in [4.78, 5) is 3.77. The second-order valence-corrected chi connectivity index (χ2v) is 4.83. The van der Waals surface area contributed by atoms with Crippen LogP contribution in [0.1, 0.15) is 41.0 Å². The molecule has 0 spiro atoms. The largest absolute Gasteiger partial charge is 0.492 e. The first-order valence-corrected chi connectivity index (χ1v) is 5.34. The lowest BCUT2D eigenvalue weighted by Crippen LogP contribution is -2.41. The van der Waals surface area contributed by atoms with Gasteiger partial charge in [0.15, 0.2) is 0 Å². The molecule has 0 radical (unpaired) electrons. The van der Waals surface area contributed by atoms with Crippen molar-refractivity contribution < 1.29 is 9.31 Å². The molecule has 0 saturated carbocycles. The highest BCUT2D eigenvalue weighted by Crippen LogP contribution is 2.38. The Bertz CT molecular complexity index is 268. The maximum Gasteiger partial charge on any atom is 0.492 e. The molecule has 15 heavy (non-hydrogen) atoms. The Hall–Kier alpha value is -0.605. The lowest BCUT2D eigenvalue weighted by Gasteiger charge is -2.32. The summed E-state index contributed by atoms with van der Waals surface area (Å²) in [6, 6.07) is 0. The number of hydrogen-bond donors (Lipinski definition) is 0. The minimum atomic E-state index is -0.287. The van der Waals surface area contributed by atoms with E-state index in [4.69, 9.17) is 9.31 Å². The molecule has 1 aliphatic rings. The molecule has 1 saturated heterocycles. The summed E-state index contributed by atoms with van der Waals surface area (Å²) in [6.07, 6.45) is 2.58. The van der Waals surface area contributed by atoms with E-state index in [0.717, 1.165) is 11.9 Å². The number of nitrogens with zero attached hydrogens (tertiary/aromatic N) is 1. The van der Waals surface area contributed by atoms with Crippen molar-refractivity contribution in [2.24, 2.45) is 4.99 Å². The Balaban J connectivity index is 2.86. The molecule has 0 aromatic heterocycles. The zero-order chi connectivity index (χ0) is 11.7. The molecule has 0 atom stereocenters. The lowest BCUT2D eigenvalue weighted by molar-refractivity contribution is 0.00578. The second-order valence-electron chi connectivity index (χ2n) is 4.83. The van der Waals surface area contributed by atoms with Crippen LogP contribution in [0.2, 0.25) is 0 Å². The van der Waals surface area contributed by atoms with Gasteiger partial charge in [-0.15, -0.1) is 0 Å². The zero-order valence-electron chi connectivity index (χ0n) is 10.3. The van der Waals surface area contributed by atoms with E-state index in [9.17, 15) is 0 Å². The Morgan fingerprint density at radius 1 is 1.27 bits per heavy atom. The number of aliphatic imine (C=N–C) groups is 1. The average molecular weight is 209 g/mol. The molecule has 0 N–H and O–H groups in total. The normalized spacial score (nSPS) is 24.3. The van der Waals surface area contributed by atoms with Crippen molar-refractivity contribution in [1.82, 2.24) is 0 Å². The summed E-state index contributed by atoms with van der Waals surface area (Å²) < 4.78 is 11.8. The van der Waals surface area contributed by atoms with Crippen LogP contribution < -0.4 is 0 Å². The average Bonchev–Trinajstić information content (AvgIpc) is 2.32. The van der Waals surface area contributed by atoms with Crippen LogP contribution in [0.4, 0.5) is 0 Å². The van der Waals surface area contributed by atoms with E-state index in [2.05, 4.69) is 18.6 Å². The van der Waals surface area contributed by atoms with Crippen LogP contribution in [-0.4, -0.2) is 25.0 Å². The van der Waals surface area contributed by atoms with E-state index in [1.54, 1.807) is 6.20 Å². The highest BCUT2D eigenvalue weighted by Gasteiger charge is 2.51. The summed E-state index contributed by atoms with van der Waals surface area (Å²) in [7, 11) is -0.287. The minimum Gasteiger partial charge on any atom is -0.400 e. The van der Waals surface area contributed by atoms with Gasteiger partial charge >= 0.3 is 7.12 Å². The fraction of sp³-hybridized carbons (Fsp3) is 0.727. The first-order valence-electron chi connectivity index (χ1n) is 5.34. The molecule has 0 aromatic rings. The van der Waals surface area contributed by atoms with Gasteiger partial charge in [0.25, 0.3) is 0 Å². The van der Waals surface area contributed by atoms with Crippen molar-refractivity contribution in [1.29, 1.82) is 0 Å². The van der Waals surface area contributed by atoms with Crippen LogP contribution in [-0.2, 0) is 9.31 Å². The molecule has 0 amide bonds. The second kappa shape index (κ2) is 4.10. The number of rotatable bonds is 3. The van der Waals surface area contributed by atoms with E-state index in [1.165, 1.54) is 0 Å². The van der Waals surface area contributed by atoms with Crippen molar-refractivity contribution in [2.75, 3.05) is 0 Å². The van der Waals surface area contributed by atoms with Gasteiger partial charge in [0, 0.05) is 6.20 Å². The van der Waals surface area contributed by atoms with Gasteiger partial charge in [0.05, 0.1) is 11.2 Å². The Morgan fingerprint density at radius 3 is 2.07 bits per heavy atom. The summed E-state index contributed by atoms with van der Waals surface area (Å²) in [5, 5.41) is 0. The van der Waals surface area contributed by atoms with Gasteiger partial charge in [-0.3, -0.25) is 4.99 Å². The fourth-order valence-corrected chi connectivity index (χ4v) is 1.43. The van der Waals surface area contributed by atoms with E-state index in [0.29, 0.717) is 0 Å². The molecule has 84 valence electrons. The first-order chi connectivity index (χ1) is 6.84. The molecule has 3 nitrogen and oxygen atoms in total. The summed E-state index contributed by atoms with van der Waals surface area (Å²) in [5.74, 6) is 0. The third-order valence-electron chi connectivity index (χ3n) is 3.22. The van der Waals surface area contributed by atoms with Gasteiger partial charge in [0.2, 0.25) is 0 Å². The van der Waals surface area contributed by atoms with Crippen LogP contribution in [0.5, 0.6) is 0 Å². The minimum absolute atomic E-state index is 0.285. The van der Waals surface area contributed by atoms with E-state index >= 15 is 0 Å². The summed E-state index contributed by atoms with van der Waals surface area (Å²) in [5.41, 5.74) is 0.462. The quantitative estimate of drug-likeness (QED) is 0.528. The predicted octanol–water partition coefficient (Wildman–Crippen LogP) is 2.61. The van der Waals surface area contributed by atoms with Gasteiger partial charge in [-0.25, -0.2) is 0 Å². The number of allylic oxidation sites excluding steroid dienone is 1. The molecule has 4 heteroatoms. The van der Waals surface area contributed by atoms with Crippen LogP contribution >= 0.6 is 0 Å². The van der Waals surface area contributed by atoms with Crippen molar-refractivity contribution in [3.63, 3.8) is 0 Å². The molecule has 0 aromatic carbocycles. The smallest absolute Gasteiger partial charge is 0.400 e. The molecule has 0 bridgehead atoms. The summed E-state index contributed by atoms with van der Waals surface area (Å²) in [6.45, 7) is 13.7. The fourth-order valence-electron chi connectivity index (χ4n) is 1.43. The SMILES string of the molecule is C=NC=C(CC)B1OC(C)(C)C(C)(C)O1. The third-order valence-corrected chi connectivity index (χ3v) is 3.22. The third kappa shape index (κ3) is 2.32. The summed E-state index contributed by atoms with van der Waals surface area (Å²) >= 11 is 0. The Kier molecular flexibility index (Phi) is 3.41. The van der Waals surface area contributed by atoms with Crippen LogP contribution in [0.25, 0.3) is 0 Å². The van der Waals surface area contributed by atoms with Crippen molar-refractivity contribution in [2.45, 2.75) is 52.2 Å². The molecule has 1 heterocycles.